The highest BCUT2D eigenvalue weighted by Gasteiger charge is 2.22. The van der Waals surface area contributed by atoms with E-state index in [0.29, 0.717) is 10.6 Å². The van der Waals surface area contributed by atoms with E-state index in [4.69, 9.17) is 0 Å². The molecular weight excluding hydrogens is 320 g/mol. The van der Waals surface area contributed by atoms with E-state index in [1.54, 1.807) is 45.0 Å². The number of amides is 1. The molecule has 5 nitrogen and oxygen atoms in total. The van der Waals surface area contributed by atoms with Gasteiger partial charge in [0.2, 0.25) is 10.0 Å². The van der Waals surface area contributed by atoms with E-state index in [-0.39, 0.29) is 10.8 Å². The predicted molar refractivity (Wildman–Crippen MR) is 88.8 cm³/mol. The van der Waals surface area contributed by atoms with Crippen molar-refractivity contribution in [1.82, 2.24) is 4.72 Å². The molecule has 118 valence electrons. The van der Waals surface area contributed by atoms with Crippen molar-refractivity contribution in [1.29, 1.82) is 0 Å². The fourth-order valence-electron chi connectivity index (χ4n) is 1.80. The summed E-state index contributed by atoms with van der Waals surface area (Å²) < 4.78 is 27.2. The number of thiophene rings is 1. The zero-order chi connectivity index (χ0) is 16.4. The molecule has 1 heterocycles. The van der Waals surface area contributed by atoms with Gasteiger partial charge in [-0.1, -0.05) is 12.1 Å². The minimum atomic E-state index is -3.63. The lowest BCUT2D eigenvalue weighted by atomic mass is 10.1. The van der Waals surface area contributed by atoms with E-state index in [1.807, 2.05) is 5.38 Å². The first kappa shape index (κ1) is 16.7. The van der Waals surface area contributed by atoms with E-state index in [2.05, 4.69) is 10.0 Å². The molecule has 0 unspecified atom stereocenters. The van der Waals surface area contributed by atoms with Gasteiger partial charge in [-0.2, -0.15) is 0 Å². The monoisotopic (exact) mass is 338 g/mol. The summed E-state index contributed by atoms with van der Waals surface area (Å²) in [6.07, 6.45) is 0. The minimum absolute atomic E-state index is 0.117. The zero-order valence-corrected chi connectivity index (χ0v) is 14.2. The average Bonchev–Trinajstić information content (AvgIpc) is 2.90. The van der Waals surface area contributed by atoms with Crippen LogP contribution in [0.2, 0.25) is 0 Å². The third-order valence-corrected chi connectivity index (χ3v) is 5.21. The van der Waals surface area contributed by atoms with Gasteiger partial charge < -0.3 is 5.32 Å². The maximum absolute atomic E-state index is 12.3. The van der Waals surface area contributed by atoms with Gasteiger partial charge in [-0.25, -0.2) is 13.1 Å². The number of benzene rings is 1. The number of hydrogen-bond acceptors (Lipinski definition) is 4. The third-order valence-electron chi connectivity index (χ3n) is 2.59. The van der Waals surface area contributed by atoms with E-state index < -0.39 is 15.6 Å². The summed E-state index contributed by atoms with van der Waals surface area (Å²) in [7, 11) is -3.63. The molecule has 22 heavy (non-hydrogen) atoms. The van der Waals surface area contributed by atoms with Crippen LogP contribution in [0.5, 0.6) is 0 Å². The maximum atomic E-state index is 12.3. The number of nitrogens with one attached hydrogen (secondary N) is 2. The fourth-order valence-corrected chi connectivity index (χ4v) is 3.89. The molecule has 0 aliphatic carbocycles. The molecule has 0 aliphatic rings. The highest BCUT2D eigenvalue weighted by Crippen LogP contribution is 2.19. The topological polar surface area (TPSA) is 75.3 Å². The molecule has 0 saturated heterocycles. The molecule has 0 bridgehead atoms. The lowest BCUT2D eigenvalue weighted by molar-refractivity contribution is 0.103. The van der Waals surface area contributed by atoms with Crippen LogP contribution in [-0.4, -0.2) is 19.9 Å². The van der Waals surface area contributed by atoms with E-state index in [1.165, 1.54) is 23.5 Å². The largest absolute Gasteiger partial charge is 0.321 e. The van der Waals surface area contributed by atoms with Crippen molar-refractivity contribution in [2.24, 2.45) is 0 Å². The first-order valence-electron chi connectivity index (χ1n) is 6.66. The second-order valence-corrected chi connectivity index (χ2v) is 8.44. The van der Waals surface area contributed by atoms with E-state index in [0.717, 1.165) is 0 Å². The van der Waals surface area contributed by atoms with Crippen LogP contribution in [0.4, 0.5) is 5.69 Å². The van der Waals surface area contributed by atoms with Gasteiger partial charge in [0.15, 0.2) is 0 Å². The Morgan fingerprint density at radius 3 is 2.45 bits per heavy atom. The van der Waals surface area contributed by atoms with Crippen LogP contribution in [0.25, 0.3) is 0 Å². The lowest BCUT2D eigenvalue weighted by Crippen LogP contribution is -2.40. The van der Waals surface area contributed by atoms with Crippen molar-refractivity contribution < 1.29 is 13.2 Å². The number of rotatable bonds is 4. The standard InChI is InChI=1S/C15H18N2O3S2/c1-15(2,3)17-22(19,20)12-7-4-6-11(10-12)16-14(18)13-8-5-9-21-13/h4-10,17H,1-3H3,(H,16,18). The predicted octanol–water partition coefficient (Wildman–Crippen LogP) is 3.08. The van der Waals surface area contributed by atoms with Gasteiger partial charge in [-0.3, -0.25) is 4.79 Å². The number of carbonyl (C=O) groups is 1. The molecule has 0 radical (unpaired) electrons. The summed E-state index contributed by atoms with van der Waals surface area (Å²) in [4.78, 5) is 12.7. The smallest absolute Gasteiger partial charge is 0.265 e. The Bertz CT molecular complexity index is 760. The Morgan fingerprint density at radius 1 is 1.14 bits per heavy atom. The Hall–Kier alpha value is -1.70. The van der Waals surface area contributed by atoms with Crippen molar-refractivity contribution in [2.45, 2.75) is 31.2 Å². The summed E-state index contributed by atoms with van der Waals surface area (Å²) in [5, 5.41) is 4.51. The highest BCUT2D eigenvalue weighted by atomic mass is 32.2. The van der Waals surface area contributed by atoms with Crippen molar-refractivity contribution >= 4 is 33.0 Å². The zero-order valence-electron chi connectivity index (χ0n) is 12.6. The molecule has 2 N–H and O–H groups in total. The number of carbonyl (C=O) groups excluding carboxylic acids is 1. The Labute approximate surface area is 134 Å². The average molecular weight is 338 g/mol. The normalized spacial score (nSPS) is 12.1. The Balaban J connectivity index is 2.22. The van der Waals surface area contributed by atoms with Gasteiger partial charge >= 0.3 is 0 Å². The summed E-state index contributed by atoms with van der Waals surface area (Å²) in [5.41, 5.74) is -0.134. The summed E-state index contributed by atoms with van der Waals surface area (Å²) in [5.74, 6) is -0.256. The molecule has 0 aliphatic heterocycles. The van der Waals surface area contributed by atoms with Crippen LogP contribution in [0.3, 0.4) is 0 Å². The Morgan fingerprint density at radius 2 is 1.86 bits per heavy atom. The Kier molecular flexibility index (Phi) is 4.69. The van der Waals surface area contributed by atoms with Gasteiger partial charge in [-0.15, -0.1) is 11.3 Å². The highest BCUT2D eigenvalue weighted by molar-refractivity contribution is 7.89. The van der Waals surface area contributed by atoms with Gasteiger partial charge in [-0.05, 0) is 50.4 Å². The summed E-state index contributed by atoms with van der Waals surface area (Å²) in [6, 6.07) is 9.69. The van der Waals surface area contributed by atoms with Gasteiger partial charge in [0.05, 0.1) is 9.77 Å². The molecular formula is C15H18N2O3S2. The molecule has 1 aromatic heterocycles. The van der Waals surface area contributed by atoms with Crippen LogP contribution < -0.4 is 10.0 Å². The second-order valence-electron chi connectivity index (χ2n) is 5.81. The SMILES string of the molecule is CC(C)(C)NS(=O)(=O)c1cccc(NC(=O)c2cccs2)c1. The summed E-state index contributed by atoms with van der Waals surface area (Å²) >= 11 is 1.33. The van der Waals surface area contributed by atoms with Gasteiger partial charge in [0, 0.05) is 11.2 Å². The minimum Gasteiger partial charge on any atom is -0.321 e. The van der Waals surface area contributed by atoms with Crippen LogP contribution in [0.15, 0.2) is 46.7 Å². The van der Waals surface area contributed by atoms with Gasteiger partial charge in [0.1, 0.15) is 0 Å². The molecule has 2 rings (SSSR count). The molecule has 1 aromatic carbocycles. The molecule has 0 atom stereocenters. The van der Waals surface area contributed by atoms with Crippen LogP contribution in [0.1, 0.15) is 30.4 Å². The first-order valence-corrected chi connectivity index (χ1v) is 9.03. The van der Waals surface area contributed by atoms with Crippen molar-refractivity contribution in [3.63, 3.8) is 0 Å². The maximum Gasteiger partial charge on any atom is 0.265 e. The van der Waals surface area contributed by atoms with Crippen LogP contribution in [0, 0.1) is 0 Å². The summed E-state index contributed by atoms with van der Waals surface area (Å²) in [6.45, 7) is 5.31. The molecule has 0 saturated carbocycles. The molecule has 2 aromatic rings. The fraction of sp³-hybridized carbons (Fsp3) is 0.267. The quantitative estimate of drug-likeness (QED) is 0.899. The van der Waals surface area contributed by atoms with Crippen molar-refractivity contribution in [3.8, 4) is 0 Å². The number of sulfonamides is 1. The molecule has 1 amide bonds. The van der Waals surface area contributed by atoms with Crippen molar-refractivity contribution in [2.75, 3.05) is 5.32 Å². The van der Waals surface area contributed by atoms with Crippen LogP contribution in [-0.2, 0) is 10.0 Å². The first-order chi connectivity index (χ1) is 10.2. The third kappa shape index (κ3) is 4.40. The van der Waals surface area contributed by atoms with E-state index >= 15 is 0 Å². The molecule has 0 fully saturated rings. The second kappa shape index (κ2) is 6.20. The van der Waals surface area contributed by atoms with Gasteiger partial charge in [0.25, 0.3) is 5.91 Å². The number of hydrogen-bond donors (Lipinski definition) is 2. The molecule has 7 heteroatoms. The van der Waals surface area contributed by atoms with E-state index in [9.17, 15) is 13.2 Å². The van der Waals surface area contributed by atoms with Crippen LogP contribution >= 0.6 is 11.3 Å². The molecule has 0 spiro atoms. The number of anilines is 1. The van der Waals surface area contributed by atoms with Crippen molar-refractivity contribution in [3.05, 3.63) is 46.7 Å². The lowest BCUT2D eigenvalue weighted by Gasteiger charge is -2.20.